The summed E-state index contributed by atoms with van der Waals surface area (Å²) in [4.78, 5) is 23.8. The minimum atomic E-state index is -0.208. The molecule has 0 aromatic rings. The first kappa shape index (κ1) is 13.1. The van der Waals surface area contributed by atoms with Crippen molar-refractivity contribution in [2.45, 2.75) is 54.1 Å². The molecule has 3 aliphatic carbocycles. The second kappa shape index (κ2) is 3.24. The van der Waals surface area contributed by atoms with Crippen molar-refractivity contribution in [3.05, 3.63) is 0 Å². The molecule has 0 bridgehead atoms. The molecule has 0 spiro atoms. The number of hydrogen-bond donors (Lipinski definition) is 0. The largest absolute Gasteiger partial charge is 0.462 e. The summed E-state index contributed by atoms with van der Waals surface area (Å²) in [6.07, 6.45) is 0.788. The Morgan fingerprint density at radius 3 is 2.37 bits per heavy atom. The van der Waals surface area contributed by atoms with Crippen LogP contribution in [0.3, 0.4) is 0 Å². The summed E-state index contributed by atoms with van der Waals surface area (Å²) in [5.74, 6) is 0.906. The Kier molecular flexibility index (Phi) is 2.24. The zero-order valence-corrected chi connectivity index (χ0v) is 12.7. The number of ketones is 1. The van der Waals surface area contributed by atoms with Gasteiger partial charge >= 0.3 is 5.97 Å². The van der Waals surface area contributed by atoms with E-state index in [1.807, 2.05) is 0 Å². The van der Waals surface area contributed by atoms with E-state index < -0.39 is 0 Å². The third-order valence-corrected chi connectivity index (χ3v) is 7.35. The van der Waals surface area contributed by atoms with Crippen molar-refractivity contribution in [2.24, 2.45) is 34.0 Å². The summed E-state index contributed by atoms with van der Waals surface area (Å²) in [7, 11) is 0. The van der Waals surface area contributed by atoms with Crippen LogP contribution in [-0.2, 0) is 14.3 Å². The highest BCUT2D eigenvalue weighted by Crippen LogP contribution is 2.84. The van der Waals surface area contributed by atoms with E-state index in [1.54, 1.807) is 0 Å². The molecule has 0 saturated heterocycles. The molecule has 3 heteroatoms. The van der Waals surface area contributed by atoms with Crippen LogP contribution in [0.4, 0.5) is 0 Å². The normalized spacial score (nSPS) is 53.7. The quantitative estimate of drug-likeness (QED) is 0.684. The van der Waals surface area contributed by atoms with E-state index in [2.05, 4.69) is 34.6 Å². The van der Waals surface area contributed by atoms with Crippen molar-refractivity contribution in [3.8, 4) is 0 Å². The lowest BCUT2D eigenvalue weighted by atomic mass is 9.49. The Morgan fingerprint density at radius 1 is 1.26 bits per heavy atom. The van der Waals surface area contributed by atoms with Crippen molar-refractivity contribution in [3.63, 3.8) is 0 Å². The Labute approximate surface area is 115 Å². The molecule has 19 heavy (non-hydrogen) atoms. The van der Waals surface area contributed by atoms with Crippen LogP contribution in [0.15, 0.2) is 0 Å². The van der Waals surface area contributed by atoms with Gasteiger partial charge in [-0.25, -0.2) is 0 Å². The first-order chi connectivity index (χ1) is 8.60. The van der Waals surface area contributed by atoms with Crippen LogP contribution in [0, 0.1) is 34.0 Å². The van der Waals surface area contributed by atoms with Gasteiger partial charge in [-0.3, -0.25) is 9.59 Å². The number of carbonyl (C=O) groups excluding carboxylic acids is 2. The lowest BCUT2D eigenvalue weighted by Crippen LogP contribution is -2.56. The van der Waals surface area contributed by atoms with Gasteiger partial charge in [0.05, 0.1) is 0 Å². The molecule has 0 aromatic carbocycles. The zero-order valence-electron chi connectivity index (χ0n) is 12.7. The van der Waals surface area contributed by atoms with Crippen molar-refractivity contribution >= 4 is 11.8 Å². The molecule has 2 unspecified atom stereocenters. The van der Waals surface area contributed by atoms with Crippen LogP contribution in [0.1, 0.15) is 48.0 Å². The van der Waals surface area contributed by atoms with E-state index in [0.717, 1.165) is 6.42 Å². The predicted molar refractivity (Wildman–Crippen MR) is 71.3 cm³/mol. The molecule has 0 heterocycles. The van der Waals surface area contributed by atoms with E-state index in [1.165, 1.54) is 6.92 Å². The summed E-state index contributed by atoms with van der Waals surface area (Å²) >= 11 is 0. The molecule has 3 saturated carbocycles. The fourth-order valence-electron chi connectivity index (χ4n) is 5.71. The zero-order chi connectivity index (χ0) is 14.4. The van der Waals surface area contributed by atoms with Gasteiger partial charge in [-0.15, -0.1) is 0 Å². The van der Waals surface area contributed by atoms with Crippen LogP contribution in [0.25, 0.3) is 0 Å². The van der Waals surface area contributed by atoms with Crippen molar-refractivity contribution < 1.29 is 14.3 Å². The second-order valence-electron chi connectivity index (χ2n) is 7.75. The Morgan fingerprint density at radius 2 is 1.84 bits per heavy atom. The predicted octanol–water partition coefficient (Wildman–Crippen LogP) is 2.83. The number of esters is 1. The van der Waals surface area contributed by atoms with Gasteiger partial charge in [0, 0.05) is 24.2 Å². The maximum Gasteiger partial charge on any atom is 0.302 e. The van der Waals surface area contributed by atoms with Crippen LogP contribution in [0.2, 0.25) is 0 Å². The Hall–Kier alpha value is -0.860. The maximum absolute atomic E-state index is 12.5. The summed E-state index contributed by atoms with van der Waals surface area (Å²) in [6, 6.07) is 0. The smallest absolute Gasteiger partial charge is 0.302 e. The molecule has 3 rings (SSSR count). The average molecular weight is 264 g/mol. The highest BCUT2D eigenvalue weighted by Gasteiger charge is 2.85. The van der Waals surface area contributed by atoms with E-state index in [-0.39, 0.29) is 40.2 Å². The van der Waals surface area contributed by atoms with Gasteiger partial charge in [-0.05, 0) is 23.2 Å². The lowest BCUT2D eigenvalue weighted by molar-refractivity contribution is -0.180. The first-order valence-electron chi connectivity index (χ1n) is 7.31. The van der Waals surface area contributed by atoms with Crippen LogP contribution >= 0.6 is 0 Å². The van der Waals surface area contributed by atoms with Gasteiger partial charge in [-0.2, -0.15) is 0 Å². The molecule has 106 valence electrons. The number of hydrogen-bond acceptors (Lipinski definition) is 3. The fourth-order valence-corrected chi connectivity index (χ4v) is 5.71. The van der Waals surface area contributed by atoms with Gasteiger partial charge in [0.2, 0.25) is 0 Å². The number of Topliss-reactive ketones (excluding diaryl/α,β-unsaturated/α-hetero) is 1. The molecule has 0 radical (unpaired) electrons. The molecule has 0 amide bonds. The second-order valence-corrected chi connectivity index (χ2v) is 7.75. The van der Waals surface area contributed by atoms with Crippen LogP contribution < -0.4 is 0 Å². The van der Waals surface area contributed by atoms with Gasteiger partial charge in [0.15, 0.2) is 0 Å². The van der Waals surface area contributed by atoms with Gasteiger partial charge in [0.25, 0.3) is 0 Å². The molecule has 0 N–H and O–H groups in total. The SMILES string of the molecule is CC(=O)O[C@@H]1CC2C3C(=O)[C@@H](C)[C@](C)(C1(C)C)[C@]23C. The summed E-state index contributed by atoms with van der Waals surface area (Å²) in [5, 5.41) is 0. The topological polar surface area (TPSA) is 43.4 Å². The summed E-state index contributed by atoms with van der Waals surface area (Å²) in [6.45, 7) is 12.4. The highest BCUT2D eigenvalue weighted by atomic mass is 16.5. The monoisotopic (exact) mass is 264 g/mol. The Balaban J connectivity index is 2.07. The lowest BCUT2D eigenvalue weighted by Gasteiger charge is -2.56. The standard InChI is InChI=1S/C16H24O3/c1-8-13(18)12-10-7-11(19-9(2)17)14(3,4)16(8,6)15(10,12)5/h8,10-12H,7H2,1-6H3/t8-,10?,11-,12?,15-,16-/m1/s1. The molecule has 0 aliphatic heterocycles. The fraction of sp³-hybridized carbons (Fsp3) is 0.875. The average Bonchev–Trinajstić information content (AvgIpc) is 2.85. The summed E-state index contributed by atoms with van der Waals surface area (Å²) < 4.78 is 5.60. The summed E-state index contributed by atoms with van der Waals surface area (Å²) in [5.41, 5.74) is -0.126. The van der Waals surface area contributed by atoms with Crippen molar-refractivity contribution in [2.75, 3.05) is 0 Å². The molecular weight excluding hydrogens is 240 g/mol. The van der Waals surface area contributed by atoms with Crippen LogP contribution in [-0.4, -0.2) is 17.9 Å². The van der Waals surface area contributed by atoms with Gasteiger partial charge < -0.3 is 4.74 Å². The minimum absolute atomic E-state index is 0.0615. The third kappa shape index (κ3) is 1.12. The number of fused-ring (bicyclic) bond motifs is 1. The van der Waals surface area contributed by atoms with E-state index in [4.69, 9.17) is 4.74 Å². The van der Waals surface area contributed by atoms with Crippen molar-refractivity contribution in [1.29, 1.82) is 0 Å². The molecule has 3 aliphatic rings. The molecule has 3 nitrogen and oxygen atoms in total. The van der Waals surface area contributed by atoms with Crippen LogP contribution in [0.5, 0.6) is 0 Å². The third-order valence-electron chi connectivity index (χ3n) is 7.35. The molecule has 3 fully saturated rings. The number of ether oxygens (including phenoxy) is 1. The van der Waals surface area contributed by atoms with E-state index in [9.17, 15) is 9.59 Å². The Bertz CT molecular complexity index is 480. The first-order valence-corrected chi connectivity index (χ1v) is 7.31. The minimum Gasteiger partial charge on any atom is -0.462 e. The number of carbonyl (C=O) groups is 2. The molecule has 0 aromatic heterocycles. The van der Waals surface area contributed by atoms with E-state index in [0.29, 0.717) is 11.7 Å². The number of rotatable bonds is 1. The molecule has 6 atom stereocenters. The van der Waals surface area contributed by atoms with Gasteiger partial charge in [-0.1, -0.05) is 34.6 Å². The van der Waals surface area contributed by atoms with E-state index >= 15 is 0 Å². The highest BCUT2D eigenvalue weighted by molar-refractivity contribution is 5.92. The van der Waals surface area contributed by atoms with Crippen molar-refractivity contribution in [1.82, 2.24) is 0 Å². The molecular formula is C16H24O3. The van der Waals surface area contributed by atoms with Gasteiger partial charge in [0.1, 0.15) is 11.9 Å². The maximum atomic E-state index is 12.5.